The predicted molar refractivity (Wildman–Crippen MR) is 136 cm³/mol. The van der Waals surface area contributed by atoms with Gasteiger partial charge in [-0.2, -0.15) is 0 Å². The maximum absolute atomic E-state index is 7.72. The van der Waals surface area contributed by atoms with Gasteiger partial charge in [-0.15, -0.1) is 0 Å². The first-order valence-electron chi connectivity index (χ1n) is 10.4. The number of rotatable bonds is 3. The summed E-state index contributed by atoms with van der Waals surface area (Å²) in [6.07, 6.45) is 0. The topological polar surface area (TPSA) is 49.7 Å². The highest BCUT2D eigenvalue weighted by Crippen LogP contribution is 2.53. The van der Waals surface area contributed by atoms with Gasteiger partial charge in [-0.05, 0) is 55.3 Å². The maximum atomic E-state index is 7.72. The van der Waals surface area contributed by atoms with Gasteiger partial charge in [0.15, 0.2) is 18.1 Å². The average Bonchev–Trinajstić information content (AvgIpc) is 2.70. The molecule has 2 N–H and O–H groups in total. The summed E-state index contributed by atoms with van der Waals surface area (Å²) in [5.74, 6) is 0. The van der Waals surface area contributed by atoms with Crippen molar-refractivity contribution in [1.29, 1.82) is 0 Å². The summed E-state index contributed by atoms with van der Waals surface area (Å²) in [7, 11) is -1.16. The second-order valence-corrected chi connectivity index (χ2v) is 11.0. The van der Waals surface area contributed by atoms with Gasteiger partial charge < -0.3 is 9.79 Å². The highest BCUT2D eigenvalue weighted by atomic mass is 31.2. The van der Waals surface area contributed by atoms with Crippen LogP contribution in [0.15, 0.2) is 60.7 Å². The average molecular weight is 454 g/mol. The molecule has 0 heterocycles. The van der Waals surface area contributed by atoms with Crippen LogP contribution in [0.1, 0.15) is 52.7 Å². The minimum atomic E-state index is -0.580. The van der Waals surface area contributed by atoms with E-state index in [-0.39, 0.29) is 10.8 Å². The van der Waals surface area contributed by atoms with E-state index in [2.05, 4.69) is 107 Å². The molecular weight excluding hydrogens is 422 g/mol. The molecule has 0 aromatic heterocycles. The third-order valence-corrected chi connectivity index (χ3v) is 6.29. The molecule has 0 bridgehead atoms. The molecule has 3 aromatic rings. The molecule has 0 amide bonds. The van der Waals surface area contributed by atoms with E-state index in [0.29, 0.717) is 0 Å². The van der Waals surface area contributed by atoms with Crippen LogP contribution in [-0.2, 0) is 15.1 Å². The molecule has 0 spiro atoms. The lowest BCUT2D eigenvalue weighted by Crippen LogP contribution is -2.23. The Kier molecular flexibility index (Phi) is 7.36. The van der Waals surface area contributed by atoms with Crippen LogP contribution >= 0.6 is 18.1 Å². The molecule has 1 aliphatic carbocycles. The molecule has 1 aliphatic rings. The third kappa shape index (κ3) is 4.92. The Morgan fingerprint density at radius 3 is 1.58 bits per heavy atom. The van der Waals surface area contributed by atoms with Crippen LogP contribution in [0.3, 0.4) is 0 Å². The van der Waals surface area contributed by atoms with E-state index in [9.17, 15) is 0 Å². The minimum Gasteiger partial charge on any atom is -0.352 e. The summed E-state index contributed by atoms with van der Waals surface area (Å²) in [4.78, 5) is 15.4. The van der Waals surface area contributed by atoms with Gasteiger partial charge in [-0.1, -0.05) is 102 Å². The van der Waals surface area contributed by atoms with Gasteiger partial charge in [0.05, 0.1) is 0 Å². The van der Waals surface area contributed by atoms with Gasteiger partial charge in [0.25, 0.3) is 0 Å². The van der Waals surface area contributed by atoms with E-state index in [0.717, 1.165) is 0 Å². The molecule has 2 unspecified atom stereocenters. The Bertz CT molecular complexity index is 1060. The van der Waals surface area contributed by atoms with Gasteiger partial charge in [-0.3, -0.25) is 4.31 Å². The minimum absolute atomic E-state index is 0.0885. The first-order valence-corrected chi connectivity index (χ1v) is 12.1. The van der Waals surface area contributed by atoms with Crippen molar-refractivity contribution >= 4 is 18.1 Å². The van der Waals surface area contributed by atoms with Gasteiger partial charge >= 0.3 is 0 Å². The molecule has 0 fully saturated rings. The summed E-state index contributed by atoms with van der Waals surface area (Å²) in [5.41, 5.74) is 11.5. The van der Waals surface area contributed by atoms with E-state index in [1.54, 1.807) is 0 Å². The smallest absolute Gasteiger partial charge is 0.158 e. The molecule has 2 atom stereocenters. The van der Waals surface area contributed by atoms with Crippen LogP contribution in [0, 0.1) is 0 Å². The summed E-state index contributed by atoms with van der Waals surface area (Å²) in [6, 6.07) is 22.4. The fourth-order valence-corrected chi connectivity index (χ4v) is 4.56. The van der Waals surface area contributed by atoms with E-state index in [1.807, 2.05) is 0 Å². The van der Waals surface area contributed by atoms with Crippen molar-refractivity contribution in [3.05, 3.63) is 71.8 Å². The summed E-state index contributed by atoms with van der Waals surface area (Å²) in [6.45, 7) is 14.0. The first-order chi connectivity index (χ1) is 14.6. The fraction of sp³-hybridized carbons (Fsp3) is 0.308. The van der Waals surface area contributed by atoms with Gasteiger partial charge in [-0.25, -0.2) is 0 Å². The van der Waals surface area contributed by atoms with Crippen molar-refractivity contribution in [1.82, 2.24) is 0 Å². The number of fused-ring (bicyclic) bond motifs is 4. The van der Waals surface area contributed by atoms with E-state index < -0.39 is 18.1 Å². The highest BCUT2D eigenvalue weighted by Gasteiger charge is 2.31. The second kappa shape index (κ2) is 9.49. The summed E-state index contributed by atoms with van der Waals surface area (Å²) < 4.78 is 4.00. The lowest BCUT2D eigenvalue weighted by molar-refractivity contribution is 0.496. The van der Waals surface area contributed by atoms with Crippen molar-refractivity contribution in [3.63, 3.8) is 0 Å². The Balaban J connectivity index is 0.000000491. The van der Waals surface area contributed by atoms with Crippen molar-refractivity contribution in [2.24, 2.45) is 0 Å². The molecule has 31 heavy (non-hydrogen) atoms. The Morgan fingerprint density at radius 2 is 1.06 bits per heavy atom. The monoisotopic (exact) mass is 454 g/mol. The SMILES string of the molecule is CC(C)(C)c1cccc(-c2cccc3c2-c2ccccc2-3)c1C(C)(C)C.OPOPO. The first kappa shape index (κ1) is 24.1. The lowest BCUT2D eigenvalue weighted by Gasteiger charge is -2.34. The van der Waals surface area contributed by atoms with E-state index >= 15 is 0 Å². The zero-order chi connectivity index (χ0) is 22.8. The molecule has 0 radical (unpaired) electrons. The number of hydrogen-bond donors (Lipinski definition) is 2. The zero-order valence-electron chi connectivity index (χ0n) is 19.1. The van der Waals surface area contributed by atoms with Gasteiger partial charge in [0.1, 0.15) is 0 Å². The predicted octanol–water partition coefficient (Wildman–Crippen LogP) is 7.60. The number of hydrogen-bond acceptors (Lipinski definition) is 3. The fourth-order valence-electron chi connectivity index (χ4n) is 4.40. The van der Waals surface area contributed by atoms with Crippen LogP contribution in [0.2, 0.25) is 0 Å². The van der Waals surface area contributed by atoms with Gasteiger partial charge in [0, 0.05) is 0 Å². The second-order valence-electron chi connectivity index (χ2n) is 9.79. The van der Waals surface area contributed by atoms with Crippen LogP contribution in [-0.4, -0.2) is 9.79 Å². The zero-order valence-corrected chi connectivity index (χ0v) is 21.1. The Hall–Kier alpha value is -1.60. The normalized spacial score (nSPS) is 13.0. The van der Waals surface area contributed by atoms with Crippen LogP contribution in [0.5, 0.6) is 0 Å². The Labute approximate surface area is 189 Å². The number of benzene rings is 3. The summed E-state index contributed by atoms with van der Waals surface area (Å²) >= 11 is 0. The van der Waals surface area contributed by atoms with Crippen LogP contribution in [0.4, 0.5) is 0 Å². The molecule has 0 saturated carbocycles. The van der Waals surface area contributed by atoms with Crippen molar-refractivity contribution in [2.45, 2.75) is 52.4 Å². The molecular formula is C26H32O3P2. The third-order valence-electron chi connectivity index (χ3n) is 5.55. The van der Waals surface area contributed by atoms with Crippen LogP contribution in [0.25, 0.3) is 33.4 Å². The molecule has 0 aliphatic heterocycles. The van der Waals surface area contributed by atoms with E-state index in [1.165, 1.54) is 44.5 Å². The van der Waals surface area contributed by atoms with Crippen molar-refractivity contribution in [3.8, 4) is 33.4 Å². The highest BCUT2D eigenvalue weighted by molar-refractivity contribution is 7.39. The standard InChI is InChI=1S/C26H28.H4O3P2/c1-25(2,3)22-16-10-15-21(24(22)26(4,5)6)20-14-9-13-19-17-11-7-8-12-18(17)23(19)20;1-4-3-5-2/h7-16H,1-6H3;1-2,4-5H. The van der Waals surface area contributed by atoms with Crippen molar-refractivity contribution in [2.75, 3.05) is 0 Å². The van der Waals surface area contributed by atoms with Gasteiger partial charge in [0.2, 0.25) is 0 Å². The molecule has 3 aromatic carbocycles. The van der Waals surface area contributed by atoms with E-state index in [4.69, 9.17) is 9.79 Å². The molecule has 3 nitrogen and oxygen atoms in total. The Morgan fingerprint density at radius 1 is 0.581 bits per heavy atom. The van der Waals surface area contributed by atoms with Crippen molar-refractivity contribution < 1.29 is 14.1 Å². The molecule has 0 saturated heterocycles. The van der Waals surface area contributed by atoms with Crippen LogP contribution < -0.4 is 0 Å². The largest absolute Gasteiger partial charge is 0.352 e. The molecule has 164 valence electrons. The quantitative estimate of drug-likeness (QED) is 0.313. The lowest BCUT2D eigenvalue weighted by atomic mass is 9.70. The summed E-state index contributed by atoms with van der Waals surface area (Å²) in [5, 5.41) is 0. The molecule has 4 rings (SSSR count). The maximum Gasteiger partial charge on any atom is 0.158 e. The molecule has 5 heteroatoms.